The molecule has 0 bridgehead atoms. The van der Waals surface area contributed by atoms with Gasteiger partial charge in [0.15, 0.2) is 5.58 Å². The van der Waals surface area contributed by atoms with Crippen LogP contribution in [0.5, 0.6) is 0 Å². The first kappa shape index (κ1) is 26.7. The zero-order valence-electron chi connectivity index (χ0n) is 20.7. The molecule has 3 aromatic rings. The molecule has 1 aromatic heterocycles. The van der Waals surface area contributed by atoms with Gasteiger partial charge in [-0.25, -0.2) is 8.78 Å². The fraction of sp³-hybridized carbons (Fsp3) is 0.423. The van der Waals surface area contributed by atoms with Gasteiger partial charge in [0.1, 0.15) is 35.4 Å². The van der Waals surface area contributed by atoms with Crippen LogP contribution in [0.1, 0.15) is 24.0 Å². The van der Waals surface area contributed by atoms with E-state index in [4.69, 9.17) is 14.4 Å². The summed E-state index contributed by atoms with van der Waals surface area (Å²) >= 11 is 0. The van der Waals surface area contributed by atoms with Crippen LogP contribution in [0, 0.1) is 23.0 Å². The van der Waals surface area contributed by atoms with Gasteiger partial charge in [-0.05, 0) is 43.2 Å². The molecule has 0 aliphatic carbocycles. The third-order valence-electron chi connectivity index (χ3n) is 6.99. The maximum absolute atomic E-state index is 13.9. The third-order valence-corrected chi connectivity index (χ3v) is 6.99. The van der Waals surface area contributed by atoms with Gasteiger partial charge in [0.25, 0.3) is 6.01 Å². The minimum Gasteiger partial charge on any atom is -0.423 e. The van der Waals surface area contributed by atoms with Crippen molar-refractivity contribution in [2.24, 2.45) is 0 Å². The van der Waals surface area contributed by atoms with Crippen molar-refractivity contribution < 1.29 is 35.9 Å². The molecule has 0 radical (unpaired) electrons. The number of carbonyl (C=O) groups is 1. The molecular weight excluding hydrogens is 525 g/mol. The summed E-state index contributed by atoms with van der Waals surface area (Å²) in [5, 5.41) is 8.82. The van der Waals surface area contributed by atoms with Crippen molar-refractivity contribution >= 4 is 28.7 Å². The Morgan fingerprint density at radius 1 is 1.03 bits per heavy atom. The Bertz CT molecular complexity index is 1380. The number of ether oxygens (including phenoxy) is 1. The number of piperazine rings is 1. The molecule has 1 amide bonds. The highest BCUT2D eigenvalue weighted by Gasteiger charge is 2.32. The second-order valence-electron chi connectivity index (χ2n) is 9.44. The molecule has 206 valence electrons. The Kier molecular flexibility index (Phi) is 7.31. The number of oxazole rings is 1. The van der Waals surface area contributed by atoms with E-state index < -0.39 is 28.9 Å². The van der Waals surface area contributed by atoms with Gasteiger partial charge < -0.3 is 23.9 Å². The number of alkyl halides is 3. The first-order valence-electron chi connectivity index (χ1n) is 12.4. The van der Waals surface area contributed by atoms with Gasteiger partial charge in [0, 0.05) is 45.0 Å². The molecule has 3 heterocycles. The Morgan fingerprint density at radius 2 is 1.69 bits per heavy atom. The predicted octanol–water partition coefficient (Wildman–Crippen LogP) is 4.33. The number of aromatic nitrogens is 1. The van der Waals surface area contributed by atoms with Crippen molar-refractivity contribution in [2.45, 2.75) is 25.1 Å². The molecule has 0 spiro atoms. The lowest BCUT2D eigenvalue weighted by atomic mass is 10.1. The van der Waals surface area contributed by atoms with Crippen molar-refractivity contribution in [1.82, 2.24) is 9.88 Å². The number of fused-ring (bicyclic) bond motifs is 1. The molecule has 2 aliphatic heterocycles. The van der Waals surface area contributed by atoms with Gasteiger partial charge in [0.05, 0.1) is 11.7 Å². The summed E-state index contributed by atoms with van der Waals surface area (Å²) in [7, 11) is 0. The molecule has 2 saturated heterocycles. The number of nitriles is 1. The second kappa shape index (κ2) is 10.7. The molecule has 0 saturated carbocycles. The number of hydrogen-bond donors (Lipinski definition) is 0. The van der Waals surface area contributed by atoms with E-state index in [0.717, 1.165) is 24.3 Å². The number of rotatable bonds is 5. The van der Waals surface area contributed by atoms with Crippen LogP contribution in [0.3, 0.4) is 0 Å². The van der Waals surface area contributed by atoms with Crippen molar-refractivity contribution in [1.29, 1.82) is 5.26 Å². The topological polar surface area (TPSA) is 85.8 Å². The quantitative estimate of drug-likeness (QED) is 0.438. The van der Waals surface area contributed by atoms with Crippen LogP contribution in [0.15, 0.2) is 34.7 Å². The zero-order chi connectivity index (χ0) is 27.7. The van der Waals surface area contributed by atoms with E-state index >= 15 is 0 Å². The molecule has 5 rings (SSSR count). The summed E-state index contributed by atoms with van der Waals surface area (Å²) in [6.45, 7) is 2.43. The van der Waals surface area contributed by atoms with E-state index in [-0.39, 0.29) is 35.7 Å². The van der Waals surface area contributed by atoms with Crippen molar-refractivity contribution in [2.75, 3.05) is 55.7 Å². The number of anilines is 2. The summed E-state index contributed by atoms with van der Waals surface area (Å²) in [5.41, 5.74) is -0.675. The van der Waals surface area contributed by atoms with Crippen LogP contribution < -0.4 is 9.80 Å². The van der Waals surface area contributed by atoms with Crippen LogP contribution in [-0.4, -0.2) is 67.8 Å². The van der Waals surface area contributed by atoms with Gasteiger partial charge in [-0.3, -0.25) is 4.79 Å². The predicted molar refractivity (Wildman–Crippen MR) is 130 cm³/mol. The van der Waals surface area contributed by atoms with Crippen LogP contribution in [0.25, 0.3) is 11.1 Å². The average molecular weight is 550 g/mol. The van der Waals surface area contributed by atoms with E-state index in [2.05, 4.69) is 4.98 Å². The van der Waals surface area contributed by atoms with Gasteiger partial charge in [-0.1, -0.05) is 0 Å². The molecule has 13 heteroatoms. The van der Waals surface area contributed by atoms with Crippen LogP contribution in [0.2, 0.25) is 0 Å². The first-order chi connectivity index (χ1) is 18.6. The van der Waals surface area contributed by atoms with Crippen molar-refractivity contribution in [3.8, 4) is 6.07 Å². The Morgan fingerprint density at radius 3 is 2.31 bits per heavy atom. The summed E-state index contributed by atoms with van der Waals surface area (Å²) in [6, 6.07) is 7.15. The molecule has 0 N–H and O–H groups in total. The average Bonchev–Trinajstić information content (AvgIpc) is 3.35. The number of hydrogen-bond acceptors (Lipinski definition) is 7. The molecule has 2 aliphatic rings. The molecule has 8 nitrogen and oxygen atoms in total. The minimum atomic E-state index is -4.47. The van der Waals surface area contributed by atoms with E-state index in [1.54, 1.807) is 9.80 Å². The summed E-state index contributed by atoms with van der Waals surface area (Å²) in [4.78, 5) is 22.1. The van der Waals surface area contributed by atoms with E-state index in [1.165, 1.54) is 12.1 Å². The van der Waals surface area contributed by atoms with Gasteiger partial charge in [0.2, 0.25) is 5.91 Å². The highest BCUT2D eigenvalue weighted by Crippen LogP contribution is 2.33. The molecule has 0 unspecified atom stereocenters. The zero-order valence-corrected chi connectivity index (χ0v) is 20.7. The Labute approximate surface area is 220 Å². The number of carbonyl (C=O) groups excluding carboxylic acids is 1. The Balaban J connectivity index is 1.08. The lowest BCUT2D eigenvalue weighted by Crippen LogP contribution is -2.50. The second-order valence-corrected chi connectivity index (χ2v) is 9.44. The Hall–Kier alpha value is -3.92. The summed E-state index contributed by atoms with van der Waals surface area (Å²) < 4.78 is 78.2. The number of halogens is 5. The number of piperidine rings is 1. The van der Waals surface area contributed by atoms with Crippen molar-refractivity contribution in [3.63, 3.8) is 0 Å². The number of nitrogens with zero attached hydrogens (tertiary/aromatic N) is 5. The maximum atomic E-state index is 13.9. The van der Waals surface area contributed by atoms with E-state index in [9.17, 15) is 26.7 Å². The molecule has 2 fully saturated rings. The monoisotopic (exact) mass is 549 g/mol. The smallest absolute Gasteiger partial charge is 0.416 e. The van der Waals surface area contributed by atoms with Crippen LogP contribution >= 0.6 is 0 Å². The maximum Gasteiger partial charge on any atom is 0.416 e. The van der Waals surface area contributed by atoms with Gasteiger partial charge >= 0.3 is 6.18 Å². The summed E-state index contributed by atoms with van der Waals surface area (Å²) in [6.07, 6.45) is -3.51. The van der Waals surface area contributed by atoms with Crippen molar-refractivity contribution in [3.05, 3.63) is 53.1 Å². The lowest BCUT2D eigenvalue weighted by molar-refractivity contribution is -0.139. The number of amides is 1. The molecule has 0 atom stereocenters. The fourth-order valence-electron chi connectivity index (χ4n) is 4.78. The molecule has 2 aromatic carbocycles. The first-order valence-corrected chi connectivity index (χ1v) is 12.4. The third kappa shape index (κ3) is 5.75. The SMILES string of the molecule is N#Cc1c(F)cc(N2CCC(OCC(=O)N3CCN(c4nc5cc(C(F)(F)F)ccc5o4)CC3)CC2)cc1F. The summed E-state index contributed by atoms with van der Waals surface area (Å²) in [5.74, 6) is -1.98. The minimum absolute atomic E-state index is 0.103. The highest BCUT2D eigenvalue weighted by atomic mass is 19.4. The largest absolute Gasteiger partial charge is 0.423 e. The standard InChI is InChI=1S/C26H24F5N5O3/c27-20-12-17(13-21(28)19(20)14-32)34-5-3-18(4-6-34)38-15-24(37)35-7-9-36(10-8-35)25-33-22-11-16(26(29,30)31)1-2-23(22)39-25/h1-2,11-13,18H,3-10,15H2. The lowest BCUT2D eigenvalue weighted by Gasteiger charge is -2.35. The molecular formula is C26H24F5N5O3. The fourth-order valence-corrected chi connectivity index (χ4v) is 4.78. The number of benzene rings is 2. The van der Waals surface area contributed by atoms with Gasteiger partial charge in [-0.15, -0.1) is 0 Å². The van der Waals surface area contributed by atoms with E-state index in [0.29, 0.717) is 57.8 Å². The normalized spacial score (nSPS) is 17.1. The van der Waals surface area contributed by atoms with E-state index in [1.807, 2.05) is 4.90 Å². The molecule has 39 heavy (non-hydrogen) atoms. The highest BCUT2D eigenvalue weighted by molar-refractivity contribution is 5.78. The van der Waals surface area contributed by atoms with Crippen LogP contribution in [0.4, 0.5) is 33.7 Å². The van der Waals surface area contributed by atoms with Crippen LogP contribution in [-0.2, 0) is 15.7 Å². The van der Waals surface area contributed by atoms with Gasteiger partial charge in [-0.2, -0.15) is 23.4 Å².